The summed E-state index contributed by atoms with van der Waals surface area (Å²) in [6, 6.07) is 6.69. The average molecular weight is 396 g/mol. The molecule has 144 valence electrons. The van der Waals surface area contributed by atoms with Gasteiger partial charge in [-0.15, -0.1) is 0 Å². The van der Waals surface area contributed by atoms with Crippen LogP contribution < -0.4 is 0 Å². The number of nitrogens with zero attached hydrogens (tertiary/aromatic N) is 2. The summed E-state index contributed by atoms with van der Waals surface area (Å²) in [4.78, 5) is 13.3. The molecule has 0 amide bonds. The van der Waals surface area contributed by atoms with Crippen molar-refractivity contribution in [3.63, 3.8) is 0 Å². The molecule has 2 aromatic rings. The lowest BCUT2D eigenvalue weighted by Gasteiger charge is -2.31. The molecular formula is C18H18F2N2O4S. The summed E-state index contributed by atoms with van der Waals surface area (Å²) in [5.41, 5.74) is 0.123. The molecule has 1 N–H and O–H groups in total. The molecule has 0 aliphatic carbocycles. The van der Waals surface area contributed by atoms with E-state index >= 15 is 0 Å². The highest BCUT2D eigenvalue weighted by Crippen LogP contribution is 2.28. The van der Waals surface area contributed by atoms with Crippen LogP contribution in [0, 0.1) is 11.6 Å². The predicted molar refractivity (Wildman–Crippen MR) is 95.0 cm³/mol. The van der Waals surface area contributed by atoms with Crippen molar-refractivity contribution in [3.05, 3.63) is 53.6 Å². The number of carboxylic acid groups (broad SMARTS) is 1. The second kappa shape index (κ2) is 7.34. The van der Waals surface area contributed by atoms with E-state index < -0.39 is 27.6 Å². The van der Waals surface area contributed by atoms with E-state index in [1.54, 1.807) is 0 Å². The van der Waals surface area contributed by atoms with Crippen LogP contribution in [-0.2, 0) is 10.0 Å². The molecule has 0 aromatic heterocycles. The van der Waals surface area contributed by atoms with Crippen molar-refractivity contribution in [2.24, 2.45) is 0 Å². The first-order valence-corrected chi connectivity index (χ1v) is 9.65. The monoisotopic (exact) mass is 396 g/mol. The number of carboxylic acids is 1. The fourth-order valence-electron chi connectivity index (χ4n) is 2.89. The van der Waals surface area contributed by atoms with Gasteiger partial charge >= 0.3 is 5.97 Å². The molecule has 1 aliphatic rings. The smallest absolute Gasteiger partial charge is 0.335 e. The van der Waals surface area contributed by atoms with E-state index in [0.717, 1.165) is 18.2 Å². The Bertz CT molecular complexity index is 987. The first-order valence-electron chi connectivity index (χ1n) is 8.21. The summed E-state index contributed by atoms with van der Waals surface area (Å²) in [5.74, 6) is -3.45. The van der Waals surface area contributed by atoms with Crippen LogP contribution in [-0.4, -0.2) is 61.9 Å². The molecule has 2 aromatic carbocycles. The summed E-state index contributed by atoms with van der Waals surface area (Å²) in [7, 11) is -2.03. The van der Waals surface area contributed by atoms with Gasteiger partial charge in [0.05, 0.1) is 10.5 Å². The van der Waals surface area contributed by atoms with E-state index in [9.17, 15) is 27.1 Å². The zero-order valence-corrected chi connectivity index (χ0v) is 15.3. The van der Waals surface area contributed by atoms with Crippen molar-refractivity contribution in [1.82, 2.24) is 9.21 Å². The van der Waals surface area contributed by atoms with E-state index in [1.165, 1.54) is 22.5 Å². The van der Waals surface area contributed by atoms with Gasteiger partial charge in [-0.25, -0.2) is 22.0 Å². The summed E-state index contributed by atoms with van der Waals surface area (Å²) in [5, 5.41) is 9.34. The Morgan fingerprint density at radius 2 is 1.63 bits per heavy atom. The summed E-state index contributed by atoms with van der Waals surface area (Å²) >= 11 is 0. The Kier molecular flexibility index (Phi) is 5.27. The van der Waals surface area contributed by atoms with Crippen LogP contribution in [0.15, 0.2) is 41.3 Å². The first kappa shape index (κ1) is 19.4. The fraction of sp³-hybridized carbons (Fsp3) is 0.278. The highest BCUT2D eigenvalue weighted by atomic mass is 32.2. The minimum atomic E-state index is -3.91. The fourth-order valence-corrected chi connectivity index (χ4v) is 4.39. The van der Waals surface area contributed by atoms with Gasteiger partial charge in [-0.3, -0.25) is 0 Å². The second-order valence-electron chi connectivity index (χ2n) is 6.39. The molecule has 0 bridgehead atoms. The maximum atomic E-state index is 13.6. The number of rotatable bonds is 4. The molecule has 0 radical (unpaired) electrons. The Labute approximate surface area is 155 Å². The molecule has 9 heteroatoms. The average Bonchev–Trinajstić information content (AvgIpc) is 2.64. The molecular weight excluding hydrogens is 378 g/mol. The van der Waals surface area contributed by atoms with Gasteiger partial charge in [0.2, 0.25) is 10.0 Å². The van der Waals surface area contributed by atoms with Gasteiger partial charge in [0, 0.05) is 26.2 Å². The SMILES string of the molecule is CN1CCN(S(=O)(=O)c2cc(C(=O)O)cc(-c3ccc(F)c(F)c3)c2)CC1. The van der Waals surface area contributed by atoms with Crippen LogP contribution in [0.5, 0.6) is 0 Å². The molecule has 1 aliphatic heterocycles. The second-order valence-corrected chi connectivity index (χ2v) is 8.33. The molecule has 1 saturated heterocycles. The molecule has 1 heterocycles. The number of carbonyl (C=O) groups is 1. The number of likely N-dealkylation sites (N-methyl/N-ethyl adjacent to an activating group) is 1. The first-order chi connectivity index (χ1) is 12.7. The van der Waals surface area contributed by atoms with Crippen molar-refractivity contribution < 1.29 is 27.1 Å². The minimum absolute atomic E-state index is 0.182. The van der Waals surface area contributed by atoms with Gasteiger partial charge < -0.3 is 10.0 Å². The maximum absolute atomic E-state index is 13.6. The van der Waals surface area contributed by atoms with Crippen LogP contribution in [0.3, 0.4) is 0 Å². The van der Waals surface area contributed by atoms with Gasteiger partial charge in [0.15, 0.2) is 11.6 Å². The number of halogens is 2. The van der Waals surface area contributed by atoms with Crippen molar-refractivity contribution in [2.45, 2.75) is 4.90 Å². The third-order valence-electron chi connectivity index (χ3n) is 4.51. The molecule has 27 heavy (non-hydrogen) atoms. The van der Waals surface area contributed by atoms with Crippen molar-refractivity contribution in [3.8, 4) is 11.1 Å². The van der Waals surface area contributed by atoms with E-state index in [-0.39, 0.29) is 34.7 Å². The van der Waals surface area contributed by atoms with Gasteiger partial charge in [0.1, 0.15) is 0 Å². The summed E-state index contributed by atoms with van der Waals surface area (Å²) < 4.78 is 54.0. The van der Waals surface area contributed by atoms with Gasteiger partial charge in [-0.1, -0.05) is 6.07 Å². The zero-order valence-electron chi connectivity index (χ0n) is 14.5. The highest BCUT2D eigenvalue weighted by Gasteiger charge is 2.28. The van der Waals surface area contributed by atoms with Crippen molar-refractivity contribution in [1.29, 1.82) is 0 Å². The standard InChI is InChI=1S/C18H18F2N2O4S/c1-21-4-6-22(7-5-21)27(25,26)15-9-13(8-14(10-15)18(23)24)12-2-3-16(19)17(20)11-12/h2-3,8-11H,4-7H2,1H3,(H,23,24). The maximum Gasteiger partial charge on any atom is 0.335 e. The Hall–Kier alpha value is -2.36. The van der Waals surface area contributed by atoms with Crippen LogP contribution in [0.2, 0.25) is 0 Å². The van der Waals surface area contributed by atoms with Gasteiger partial charge in [-0.2, -0.15) is 4.31 Å². The zero-order chi connectivity index (χ0) is 19.8. The van der Waals surface area contributed by atoms with E-state index in [4.69, 9.17) is 0 Å². The van der Waals surface area contributed by atoms with E-state index in [1.807, 2.05) is 11.9 Å². The lowest BCUT2D eigenvalue weighted by Crippen LogP contribution is -2.47. The predicted octanol–water partition coefficient (Wildman–Crippen LogP) is 2.27. The topological polar surface area (TPSA) is 77.9 Å². The quantitative estimate of drug-likeness (QED) is 0.858. The minimum Gasteiger partial charge on any atom is -0.478 e. The van der Waals surface area contributed by atoms with E-state index in [0.29, 0.717) is 13.1 Å². The number of sulfonamides is 1. The van der Waals surface area contributed by atoms with Crippen molar-refractivity contribution in [2.75, 3.05) is 33.2 Å². The summed E-state index contributed by atoms with van der Waals surface area (Å²) in [6.07, 6.45) is 0. The van der Waals surface area contributed by atoms with Crippen molar-refractivity contribution >= 4 is 16.0 Å². The molecule has 0 unspecified atom stereocenters. The number of hydrogen-bond acceptors (Lipinski definition) is 4. The van der Waals surface area contributed by atoms with Crippen LogP contribution in [0.25, 0.3) is 11.1 Å². The Balaban J connectivity index is 2.08. The lowest BCUT2D eigenvalue weighted by atomic mass is 10.0. The van der Waals surface area contributed by atoms with E-state index in [2.05, 4.69) is 0 Å². The molecule has 3 rings (SSSR count). The molecule has 0 atom stereocenters. The Morgan fingerprint density at radius 1 is 0.963 bits per heavy atom. The van der Waals surface area contributed by atoms with Crippen LogP contribution in [0.1, 0.15) is 10.4 Å². The molecule has 6 nitrogen and oxygen atoms in total. The lowest BCUT2D eigenvalue weighted by molar-refractivity contribution is 0.0696. The molecule has 0 spiro atoms. The number of aromatic carboxylic acids is 1. The third kappa shape index (κ3) is 4.00. The van der Waals surface area contributed by atoms with Crippen LogP contribution >= 0.6 is 0 Å². The highest BCUT2D eigenvalue weighted by molar-refractivity contribution is 7.89. The largest absolute Gasteiger partial charge is 0.478 e. The summed E-state index contributed by atoms with van der Waals surface area (Å²) in [6.45, 7) is 1.70. The van der Waals surface area contributed by atoms with Gasteiger partial charge in [-0.05, 0) is 48.5 Å². The molecule has 0 saturated carbocycles. The van der Waals surface area contributed by atoms with Crippen LogP contribution in [0.4, 0.5) is 8.78 Å². The third-order valence-corrected chi connectivity index (χ3v) is 6.38. The molecule has 1 fully saturated rings. The van der Waals surface area contributed by atoms with Gasteiger partial charge in [0.25, 0.3) is 0 Å². The number of benzene rings is 2. The number of hydrogen-bond donors (Lipinski definition) is 1. The normalized spacial score (nSPS) is 16.4. The number of piperazine rings is 1. The Morgan fingerprint density at radius 3 is 2.22 bits per heavy atom.